The molecule has 0 spiro atoms. The van der Waals surface area contributed by atoms with Crippen molar-refractivity contribution >= 4 is 51.6 Å². The third kappa shape index (κ3) is 18.8. The Labute approximate surface area is 342 Å². The monoisotopic (exact) mass is 822 g/mol. The SMILES string of the molecule is CC(C)(C)c1ccc2c(-c3cccc([N-]Cc4ccccc4)n3)c3cc(C(C)(C)C)ccc3cc2c1.[CH2-][Si](C)(C)C.[CH2-][Si](C)(C)C.[CH2-][Si](C)(C)C.[Zr+3]. The van der Waals surface area contributed by atoms with Crippen LogP contribution < -0.4 is 0 Å². The predicted octanol–water partition coefficient (Wildman–Crippen LogP) is 14.9. The number of pyridine rings is 1. The van der Waals surface area contributed by atoms with Gasteiger partial charge in [0.25, 0.3) is 0 Å². The first-order valence-corrected chi connectivity index (χ1v) is 29.5. The van der Waals surface area contributed by atoms with Crippen molar-refractivity contribution in [3.63, 3.8) is 0 Å². The van der Waals surface area contributed by atoms with Crippen molar-refractivity contribution in [2.24, 2.45) is 0 Å². The number of aromatic nitrogens is 1. The topological polar surface area (TPSA) is 27.0 Å². The van der Waals surface area contributed by atoms with Gasteiger partial charge in [-0.05, 0) is 79.0 Å². The van der Waals surface area contributed by atoms with Crippen LogP contribution in [-0.2, 0) is 43.6 Å². The van der Waals surface area contributed by atoms with E-state index < -0.39 is 24.2 Å². The molecule has 0 aliphatic rings. The Morgan fingerprint density at radius 2 is 1.02 bits per heavy atom. The average Bonchev–Trinajstić information content (AvgIpc) is 2.95. The van der Waals surface area contributed by atoms with E-state index >= 15 is 0 Å². The van der Waals surface area contributed by atoms with Crippen molar-refractivity contribution in [3.8, 4) is 11.3 Å². The van der Waals surface area contributed by atoms with Gasteiger partial charge in [0.15, 0.2) is 0 Å². The van der Waals surface area contributed by atoms with E-state index in [2.05, 4.69) is 199 Å². The molecule has 6 heteroatoms. The Balaban J connectivity index is 0.000000716. The van der Waals surface area contributed by atoms with E-state index in [4.69, 9.17) is 10.3 Å². The maximum atomic E-state index is 5.05. The zero-order valence-corrected chi connectivity index (χ0v) is 40.8. The number of hydrogen-bond acceptors (Lipinski definition) is 1. The average molecular weight is 825 g/mol. The molecule has 0 unspecified atom stereocenters. The van der Waals surface area contributed by atoms with E-state index in [-0.39, 0.29) is 37.0 Å². The summed E-state index contributed by atoms with van der Waals surface area (Å²) in [6.07, 6.45) is 0. The fourth-order valence-corrected chi connectivity index (χ4v) is 4.74. The van der Waals surface area contributed by atoms with Crippen LogP contribution in [0, 0.1) is 19.6 Å². The van der Waals surface area contributed by atoms with Gasteiger partial charge >= 0.3 is 26.2 Å². The minimum atomic E-state index is -0.861. The molecule has 0 aliphatic carbocycles. The van der Waals surface area contributed by atoms with Gasteiger partial charge in [-0.15, -0.1) is 24.2 Å². The second-order valence-electron chi connectivity index (χ2n) is 19.5. The molecule has 279 valence electrons. The molecule has 5 aromatic rings. The van der Waals surface area contributed by atoms with Gasteiger partial charge in [0.05, 0.1) is 0 Å². The number of nitrogens with zero attached hydrogens (tertiary/aromatic N) is 2. The van der Waals surface area contributed by atoms with Gasteiger partial charge in [0.1, 0.15) is 0 Å². The summed E-state index contributed by atoms with van der Waals surface area (Å²) in [5.74, 6) is 0.764. The predicted molar refractivity (Wildman–Crippen MR) is 241 cm³/mol. The van der Waals surface area contributed by atoms with Crippen molar-refractivity contribution in [1.29, 1.82) is 0 Å². The van der Waals surface area contributed by atoms with Crippen LogP contribution in [0.15, 0.2) is 91.0 Å². The molecular formula is C46H68N2Si3Zr-. The van der Waals surface area contributed by atoms with Crippen LogP contribution in [-0.4, -0.2) is 29.2 Å². The Morgan fingerprint density at radius 3 is 1.52 bits per heavy atom. The van der Waals surface area contributed by atoms with Crippen LogP contribution in [0.2, 0.25) is 58.9 Å². The molecule has 52 heavy (non-hydrogen) atoms. The summed E-state index contributed by atoms with van der Waals surface area (Å²) in [5.41, 5.74) is 6.16. The summed E-state index contributed by atoms with van der Waals surface area (Å²) >= 11 is 0. The zero-order chi connectivity index (χ0) is 39.0. The fourth-order valence-electron chi connectivity index (χ4n) is 4.74. The van der Waals surface area contributed by atoms with E-state index in [1.807, 2.05) is 12.1 Å². The largest absolute Gasteiger partial charge is 3.00 e. The first-order chi connectivity index (χ1) is 23.1. The maximum Gasteiger partial charge on any atom is 3.00 e. The molecular weight excluding hydrogens is 756 g/mol. The fraction of sp³-hybridized carbons (Fsp3) is 0.391. The molecule has 4 aromatic carbocycles. The summed E-state index contributed by atoms with van der Waals surface area (Å²) in [6, 6.07) is 32.7. The minimum Gasteiger partial charge on any atom is -0.461 e. The van der Waals surface area contributed by atoms with Crippen molar-refractivity contribution in [1.82, 2.24) is 4.98 Å². The van der Waals surface area contributed by atoms with Gasteiger partial charge < -0.3 is 29.9 Å². The molecule has 0 bridgehead atoms. The van der Waals surface area contributed by atoms with Gasteiger partial charge in [0, 0.05) is 0 Å². The van der Waals surface area contributed by atoms with Crippen molar-refractivity contribution in [2.75, 3.05) is 0 Å². The van der Waals surface area contributed by atoms with Gasteiger partial charge in [-0.25, -0.2) is 0 Å². The Morgan fingerprint density at radius 1 is 0.538 bits per heavy atom. The summed E-state index contributed by atoms with van der Waals surface area (Å²) in [5, 5.41) is 9.78. The maximum absolute atomic E-state index is 5.05. The van der Waals surface area contributed by atoms with Crippen LogP contribution in [0.1, 0.15) is 58.2 Å². The van der Waals surface area contributed by atoms with Crippen molar-refractivity contribution in [3.05, 3.63) is 133 Å². The molecule has 0 N–H and O–H groups in total. The molecule has 5 rings (SSSR count). The van der Waals surface area contributed by atoms with Crippen LogP contribution in [0.25, 0.3) is 38.1 Å². The molecule has 1 radical (unpaired) electrons. The van der Waals surface area contributed by atoms with E-state index in [9.17, 15) is 0 Å². The quantitative estimate of drug-likeness (QED) is 0.101. The van der Waals surface area contributed by atoms with Gasteiger partial charge in [-0.2, -0.15) is 0 Å². The minimum absolute atomic E-state index is 0. The van der Waals surface area contributed by atoms with E-state index in [0.717, 1.165) is 11.5 Å². The molecule has 1 heterocycles. The van der Waals surface area contributed by atoms with E-state index in [0.29, 0.717) is 6.54 Å². The van der Waals surface area contributed by atoms with Crippen LogP contribution in [0.5, 0.6) is 0 Å². The second-order valence-corrected chi connectivity index (χ2v) is 34.9. The molecule has 1 aromatic heterocycles. The van der Waals surface area contributed by atoms with Gasteiger partial charge in [0.2, 0.25) is 0 Å². The van der Waals surface area contributed by atoms with Gasteiger partial charge in [-0.3, -0.25) is 0 Å². The first-order valence-electron chi connectivity index (χ1n) is 18.4. The van der Waals surface area contributed by atoms with E-state index in [1.165, 1.54) is 43.8 Å². The number of fused-ring (bicyclic) bond motifs is 2. The molecule has 2 nitrogen and oxygen atoms in total. The Bertz CT molecular complexity index is 1790. The number of hydrogen-bond donors (Lipinski definition) is 0. The van der Waals surface area contributed by atoms with Crippen LogP contribution in [0.3, 0.4) is 0 Å². The van der Waals surface area contributed by atoms with Crippen LogP contribution in [0.4, 0.5) is 5.82 Å². The summed E-state index contributed by atoms with van der Waals surface area (Å²) in [7, 11) is -2.58. The third-order valence-electron chi connectivity index (χ3n) is 6.94. The normalized spacial score (nSPS) is 12.0. The number of rotatable bonds is 4. The molecule has 0 fully saturated rings. The summed E-state index contributed by atoms with van der Waals surface area (Å²) in [4.78, 5) is 5.05. The molecule has 0 saturated carbocycles. The van der Waals surface area contributed by atoms with Gasteiger partial charge in [-0.1, -0.05) is 185 Å². The molecule has 0 atom stereocenters. The molecule has 0 saturated heterocycles. The van der Waals surface area contributed by atoms with Crippen molar-refractivity contribution < 1.29 is 26.2 Å². The number of benzene rings is 4. The zero-order valence-electron chi connectivity index (χ0n) is 35.4. The molecule has 0 aliphatic heterocycles. The standard InChI is InChI=1S/C34H35N2.3C4H11Si.Zr/c1-33(2,3)26-17-18-28-25(20-26)19-24-15-16-27(34(4,5)6)21-29(24)32(28)30-13-10-14-31(36-30)35-22-23-11-8-7-9-12-23;3*1-5(2,3)4;/h7-21H,22H2,1-6H3;3*1H2,2-4H3;/q4*-1;+3. The van der Waals surface area contributed by atoms with Crippen molar-refractivity contribution in [2.45, 2.75) is 118 Å². The van der Waals surface area contributed by atoms with Crippen LogP contribution >= 0.6 is 0 Å². The van der Waals surface area contributed by atoms with E-state index in [1.54, 1.807) is 0 Å². The second kappa shape index (κ2) is 19.5. The smallest absolute Gasteiger partial charge is 0.461 e. The summed E-state index contributed by atoms with van der Waals surface area (Å²) in [6.45, 7) is 45.9. The third-order valence-corrected chi connectivity index (χ3v) is 6.94. The Hall–Kier alpha value is -2.12. The molecule has 0 amide bonds. The Kier molecular flexibility index (Phi) is 17.9. The summed E-state index contributed by atoms with van der Waals surface area (Å²) < 4.78 is 0. The first kappa shape index (κ1) is 47.9.